The average molecular weight is 463 g/mol. The summed E-state index contributed by atoms with van der Waals surface area (Å²) >= 11 is 0. The summed E-state index contributed by atoms with van der Waals surface area (Å²) in [6.07, 6.45) is 5.64. The first kappa shape index (κ1) is 20.6. The molecule has 3 heterocycles. The van der Waals surface area contributed by atoms with Crippen LogP contribution < -0.4 is 0 Å². The van der Waals surface area contributed by atoms with Crippen LogP contribution in [0.5, 0.6) is 0 Å². The molecule has 0 spiro atoms. The van der Waals surface area contributed by atoms with E-state index in [2.05, 4.69) is 96.8 Å². The van der Waals surface area contributed by atoms with E-state index in [0.717, 1.165) is 60.7 Å². The second kappa shape index (κ2) is 8.17. The first-order valence-electron chi connectivity index (χ1n) is 12.1. The van der Waals surface area contributed by atoms with Gasteiger partial charge < -0.3 is 4.42 Å². The van der Waals surface area contributed by atoms with Crippen molar-refractivity contribution in [1.29, 1.82) is 0 Å². The fourth-order valence-corrected chi connectivity index (χ4v) is 5.22. The van der Waals surface area contributed by atoms with Crippen LogP contribution in [0.2, 0.25) is 0 Å². The van der Waals surface area contributed by atoms with E-state index in [-0.39, 0.29) is 0 Å². The third kappa shape index (κ3) is 3.21. The van der Waals surface area contributed by atoms with E-state index in [1.165, 1.54) is 11.1 Å². The predicted molar refractivity (Wildman–Crippen MR) is 148 cm³/mol. The Morgan fingerprint density at radius 1 is 0.611 bits per heavy atom. The number of furan rings is 1. The average Bonchev–Trinajstić information content (AvgIpc) is 3.34. The van der Waals surface area contributed by atoms with Crippen LogP contribution >= 0.6 is 0 Å². The van der Waals surface area contributed by atoms with Gasteiger partial charge in [-0.05, 0) is 58.8 Å². The number of hydrogen-bond acceptors (Lipinski definition) is 3. The molecule has 3 nitrogen and oxygen atoms in total. The molecule has 0 aliphatic rings. The molecule has 0 radical (unpaired) electrons. The second-order valence-electron chi connectivity index (χ2n) is 9.12. The lowest BCUT2D eigenvalue weighted by Gasteiger charge is -2.07. The molecule has 3 heteroatoms. The lowest BCUT2D eigenvalue weighted by molar-refractivity contribution is 0.671. The van der Waals surface area contributed by atoms with Crippen molar-refractivity contribution < 1.29 is 4.42 Å². The van der Waals surface area contributed by atoms with Gasteiger partial charge in [0.1, 0.15) is 11.2 Å². The highest BCUT2D eigenvalue weighted by Crippen LogP contribution is 2.42. The Balaban J connectivity index is 1.49. The topological polar surface area (TPSA) is 38.9 Å². The minimum Gasteiger partial charge on any atom is -0.455 e. The molecule has 0 saturated heterocycles. The Morgan fingerprint density at radius 2 is 1.47 bits per heavy atom. The minimum absolute atomic E-state index is 0.869. The van der Waals surface area contributed by atoms with Crippen LogP contribution in [0.15, 0.2) is 120 Å². The number of fused-ring (bicyclic) bond motifs is 4. The third-order valence-corrected chi connectivity index (χ3v) is 6.97. The Bertz CT molecular complexity index is 1900. The first-order valence-corrected chi connectivity index (χ1v) is 12.1. The molecule has 170 valence electrons. The molecule has 0 atom stereocenters. The molecule has 3 aromatic heterocycles. The fourth-order valence-electron chi connectivity index (χ4n) is 5.22. The maximum atomic E-state index is 6.74. The maximum absolute atomic E-state index is 6.74. The number of nitrogens with zero attached hydrogens (tertiary/aromatic N) is 2. The van der Waals surface area contributed by atoms with Gasteiger partial charge in [-0.3, -0.25) is 9.97 Å². The number of aryl methyl sites for hydroxylation is 1. The van der Waals surface area contributed by atoms with Crippen molar-refractivity contribution >= 4 is 32.7 Å². The van der Waals surface area contributed by atoms with Crippen LogP contribution in [0.4, 0.5) is 0 Å². The number of rotatable bonds is 3. The number of benzene rings is 4. The quantitative estimate of drug-likeness (QED) is 0.263. The highest BCUT2D eigenvalue weighted by Gasteiger charge is 2.19. The number of para-hydroxylation sites is 1. The van der Waals surface area contributed by atoms with E-state index in [0.29, 0.717) is 0 Å². The molecule has 0 saturated carbocycles. The largest absolute Gasteiger partial charge is 0.455 e. The molecule has 36 heavy (non-hydrogen) atoms. The Hall–Kier alpha value is -4.76. The summed E-state index contributed by atoms with van der Waals surface area (Å²) in [4.78, 5) is 9.12. The van der Waals surface area contributed by atoms with E-state index in [1.807, 2.05) is 30.7 Å². The van der Waals surface area contributed by atoms with E-state index in [4.69, 9.17) is 9.40 Å². The SMILES string of the molecule is Cc1ccc(-c2cc(-c3ccccc3)ccn2)c2oc3c(-c4cccc5ccncc45)cccc3c12. The molecule has 0 N–H and O–H groups in total. The van der Waals surface area contributed by atoms with Gasteiger partial charge in [-0.15, -0.1) is 0 Å². The highest BCUT2D eigenvalue weighted by molar-refractivity contribution is 6.15. The summed E-state index contributed by atoms with van der Waals surface area (Å²) in [6.45, 7) is 2.14. The number of aromatic nitrogens is 2. The molecule has 7 rings (SSSR count). The van der Waals surface area contributed by atoms with Crippen LogP contribution in [0.25, 0.3) is 66.2 Å². The van der Waals surface area contributed by atoms with Crippen LogP contribution in [0.3, 0.4) is 0 Å². The van der Waals surface area contributed by atoms with Crippen molar-refractivity contribution in [3.05, 3.63) is 121 Å². The molecule has 0 fully saturated rings. The van der Waals surface area contributed by atoms with Gasteiger partial charge in [0, 0.05) is 45.9 Å². The summed E-state index contributed by atoms with van der Waals surface area (Å²) in [7, 11) is 0. The number of pyridine rings is 2. The monoisotopic (exact) mass is 462 g/mol. The van der Waals surface area contributed by atoms with Crippen LogP contribution in [0.1, 0.15) is 5.56 Å². The predicted octanol–water partition coefficient (Wildman–Crippen LogP) is 8.84. The first-order chi connectivity index (χ1) is 17.8. The summed E-state index contributed by atoms with van der Waals surface area (Å²) < 4.78 is 6.74. The van der Waals surface area contributed by atoms with Crippen LogP contribution in [0, 0.1) is 6.92 Å². The Labute approximate surface area is 208 Å². The zero-order valence-electron chi connectivity index (χ0n) is 19.8. The van der Waals surface area contributed by atoms with Gasteiger partial charge in [-0.25, -0.2) is 0 Å². The van der Waals surface area contributed by atoms with Crippen molar-refractivity contribution in [3.8, 4) is 33.5 Å². The minimum atomic E-state index is 0.869. The Morgan fingerprint density at radius 3 is 2.39 bits per heavy atom. The lowest BCUT2D eigenvalue weighted by atomic mass is 9.96. The van der Waals surface area contributed by atoms with Crippen molar-refractivity contribution in [1.82, 2.24) is 9.97 Å². The van der Waals surface area contributed by atoms with Crippen molar-refractivity contribution in [2.75, 3.05) is 0 Å². The molecule has 4 aromatic carbocycles. The summed E-state index contributed by atoms with van der Waals surface area (Å²) in [5.74, 6) is 0. The van der Waals surface area contributed by atoms with E-state index < -0.39 is 0 Å². The molecular formula is C33H22N2O. The number of hydrogen-bond donors (Lipinski definition) is 0. The van der Waals surface area contributed by atoms with Crippen LogP contribution in [-0.2, 0) is 0 Å². The summed E-state index contributed by atoms with van der Waals surface area (Å²) in [5.41, 5.74) is 9.32. The van der Waals surface area contributed by atoms with E-state index in [9.17, 15) is 0 Å². The van der Waals surface area contributed by atoms with Gasteiger partial charge in [-0.2, -0.15) is 0 Å². The van der Waals surface area contributed by atoms with E-state index in [1.54, 1.807) is 0 Å². The van der Waals surface area contributed by atoms with Crippen molar-refractivity contribution in [3.63, 3.8) is 0 Å². The fraction of sp³-hybridized carbons (Fsp3) is 0.0303. The van der Waals surface area contributed by atoms with Gasteiger partial charge in [-0.1, -0.05) is 72.8 Å². The zero-order valence-corrected chi connectivity index (χ0v) is 19.8. The normalized spacial score (nSPS) is 11.5. The van der Waals surface area contributed by atoms with Gasteiger partial charge in [0.05, 0.1) is 5.69 Å². The summed E-state index contributed by atoms with van der Waals surface area (Å²) in [6, 6.07) is 33.7. The molecule has 0 aliphatic heterocycles. The lowest BCUT2D eigenvalue weighted by Crippen LogP contribution is -1.87. The van der Waals surface area contributed by atoms with Crippen molar-refractivity contribution in [2.45, 2.75) is 6.92 Å². The maximum Gasteiger partial charge on any atom is 0.145 e. The van der Waals surface area contributed by atoms with Crippen LogP contribution in [-0.4, -0.2) is 9.97 Å². The third-order valence-electron chi connectivity index (χ3n) is 6.97. The van der Waals surface area contributed by atoms with E-state index >= 15 is 0 Å². The van der Waals surface area contributed by atoms with Gasteiger partial charge in [0.25, 0.3) is 0 Å². The molecule has 0 aliphatic carbocycles. The van der Waals surface area contributed by atoms with Gasteiger partial charge in [0.2, 0.25) is 0 Å². The molecule has 0 bridgehead atoms. The highest BCUT2D eigenvalue weighted by atomic mass is 16.3. The molecule has 0 unspecified atom stereocenters. The molecule has 0 amide bonds. The van der Waals surface area contributed by atoms with Gasteiger partial charge in [0.15, 0.2) is 0 Å². The van der Waals surface area contributed by atoms with Gasteiger partial charge >= 0.3 is 0 Å². The molecular weight excluding hydrogens is 440 g/mol. The molecule has 7 aromatic rings. The smallest absolute Gasteiger partial charge is 0.145 e. The van der Waals surface area contributed by atoms with Crippen molar-refractivity contribution in [2.24, 2.45) is 0 Å². The summed E-state index contributed by atoms with van der Waals surface area (Å²) in [5, 5.41) is 4.52. The second-order valence-corrected chi connectivity index (χ2v) is 9.12. The standard InChI is InChI=1S/C33H22N2O/c1-21-13-14-27(30-19-24(16-18-35-30)22-7-3-2-4-8-22)33-31(21)28-12-6-11-26(32(28)36-33)25-10-5-9-23-15-17-34-20-29(23)25/h2-20H,1H3. The zero-order chi connectivity index (χ0) is 24.1. The Kier molecular flexibility index (Phi) is 4.68.